The maximum atomic E-state index is 14.9. The summed E-state index contributed by atoms with van der Waals surface area (Å²) in [6.45, 7) is 1.40. The van der Waals surface area contributed by atoms with E-state index in [1.165, 1.54) is 0 Å². The number of anilines is 1. The highest BCUT2D eigenvalue weighted by molar-refractivity contribution is 5.69. The second kappa shape index (κ2) is 7.59. The van der Waals surface area contributed by atoms with E-state index in [0.29, 0.717) is 24.7 Å². The number of nitrogens with zero attached hydrogens (tertiary/aromatic N) is 4. The minimum absolute atomic E-state index is 0.0989. The van der Waals surface area contributed by atoms with Crippen LogP contribution in [0.3, 0.4) is 0 Å². The van der Waals surface area contributed by atoms with Gasteiger partial charge in [-0.05, 0) is 25.0 Å². The molecule has 0 N–H and O–H groups in total. The lowest BCUT2D eigenvalue weighted by Crippen LogP contribution is -2.29. The van der Waals surface area contributed by atoms with E-state index in [9.17, 15) is 9.18 Å². The lowest BCUT2D eigenvalue weighted by molar-refractivity contribution is 0.584. The van der Waals surface area contributed by atoms with Crippen LogP contribution in [0.15, 0.2) is 76.1 Å². The second-order valence-electron chi connectivity index (χ2n) is 7.16. The summed E-state index contributed by atoms with van der Waals surface area (Å²) in [6, 6.07) is 18.7. The number of aromatic nitrogens is 3. The molecule has 1 aliphatic rings. The first kappa shape index (κ1) is 18.3. The molecule has 2 aromatic carbocycles. The van der Waals surface area contributed by atoms with Crippen molar-refractivity contribution in [1.29, 1.82) is 0 Å². The van der Waals surface area contributed by atoms with Crippen molar-refractivity contribution in [2.24, 2.45) is 0 Å². The molecule has 30 heavy (non-hydrogen) atoms. The van der Waals surface area contributed by atoms with E-state index < -0.39 is 11.5 Å². The van der Waals surface area contributed by atoms with Gasteiger partial charge < -0.3 is 9.32 Å². The predicted molar refractivity (Wildman–Crippen MR) is 112 cm³/mol. The minimum atomic E-state index is -0.594. The van der Waals surface area contributed by atoms with Crippen LogP contribution in [0, 0.1) is 5.82 Å². The monoisotopic (exact) mass is 402 g/mol. The summed E-state index contributed by atoms with van der Waals surface area (Å²) in [4.78, 5) is 23.2. The van der Waals surface area contributed by atoms with Crippen LogP contribution in [0.2, 0.25) is 0 Å². The van der Waals surface area contributed by atoms with Crippen molar-refractivity contribution < 1.29 is 8.81 Å². The number of benzene rings is 2. The van der Waals surface area contributed by atoms with Crippen molar-refractivity contribution in [3.8, 4) is 28.6 Å². The maximum absolute atomic E-state index is 14.9. The normalized spacial score (nSPS) is 13.7. The zero-order chi connectivity index (χ0) is 20.5. The first-order chi connectivity index (χ1) is 14.7. The van der Waals surface area contributed by atoms with Crippen molar-refractivity contribution in [3.05, 3.63) is 83.2 Å². The molecule has 4 aromatic rings. The third kappa shape index (κ3) is 3.28. The van der Waals surface area contributed by atoms with Gasteiger partial charge in [0.2, 0.25) is 5.89 Å². The van der Waals surface area contributed by atoms with E-state index in [1.807, 2.05) is 60.7 Å². The number of halogens is 1. The number of hydrogen-bond donors (Lipinski definition) is 0. The molecule has 1 aliphatic heterocycles. The largest absolute Gasteiger partial charge is 0.434 e. The van der Waals surface area contributed by atoms with Crippen LogP contribution in [0.4, 0.5) is 10.2 Å². The van der Waals surface area contributed by atoms with Gasteiger partial charge in [-0.1, -0.05) is 48.5 Å². The van der Waals surface area contributed by atoms with Gasteiger partial charge in [0.25, 0.3) is 0 Å². The molecule has 3 heterocycles. The summed E-state index contributed by atoms with van der Waals surface area (Å²) >= 11 is 0. The Morgan fingerprint density at radius 3 is 2.13 bits per heavy atom. The fraction of sp³-hybridized carbons (Fsp3) is 0.174. The fourth-order valence-electron chi connectivity index (χ4n) is 3.68. The predicted octanol–water partition coefficient (Wildman–Crippen LogP) is 4.29. The van der Waals surface area contributed by atoms with Gasteiger partial charge >= 0.3 is 5.69 Å². The summed E-state index contributed by atoms with van der Waals surface area (Å²) in [7, 11) is 0. The third-order valence-corrected chi connectivity index (χ3v) is 5.16. The average Bonchev–Trinajstić information content (AvgIpc) is 3.47. The fourth-order valence-corrected chi connectivity index (χ4v) is 3.68. The van der Waals surface area contributed by atoms with Crippen molar-refractivity contribution in [2.45, 2.75) is 12.8 Å². The second-order valence-corrected chi connectivity index (χ2v) is 7.16. The van der Waals surface area contributed by atoms with Gasteiger partial charge in [-0.3, -0.25) is 0 Å². The maximum Gasteiger partial charge on any atom is 0.355 e. The molecule has 0 amide bonds. The molecule has 2 aromatic heterocycles. The molecule has 0 aliphatic carbocycles. The number of oxazole rings is 1. The first-order valence-electron chi connectivity index (χ1n) is 9.87. The van der Waals surface area contributed by atoms with Crippen LogP contribution in [-0.2, 0) is 0 Å². The Labute approximate surface area is 172 Å². The quantitative estimate of drug-likeness (QED) is 0.509. The highest BCUT2D eigenvalue weighted by Crippen LogP contribution is 2.32. The Morgan fingerprint density at radius 1 is 0.833 bits per heavy atom. The SMILES string of the molecule is O=c1nc(N2CCCC2)c(F)cn1-c1nc(-c2ccccc2)oc1-c1ccccc1. The van der Waals surface area contributed by atoms with Gasteiger partial charge in [0.15, 0.2) is 23.2 Å². The smallest absolute Gasteiger partial charge is 0.355 e. The van der Waals surface area contributed by atoms with Gasteiger partial charge in [-0.2, -0.15) is 9.97 Å². The van der Waals surface area contributed by atoms with E-state index in [0.717, 1.165) is 34.7 Å². The molecule has 0 spiro atoms. The van der Waals surface area contributed by atoms with Crippen molar-refractivity contribution >= 4 is 5.82 Å². The minimum Gasteiger partial charge on any atom is -0.434 e. The molecule has 0 saturated carbocycles. The van der Waals surface area contributed by atoms with E-state index in [1.54, 1.807) is 4.90 Å². The zero-order valence-corrected chi connectivity index (χ0v) is 16.2. The molecule has 0 bridgehead atoms. The van der Waals surface area contributed by atoms with Crippen LogP contribution in [0.5, 0.6) is 0 Å². The zero-order valence-electron chi connectivity index (χ0n) is 16.2. The summed E-state index contributed by atoms with van der Waals surface area (Å²) < 4.78 is 22.1. The van der Waals surface area contributed by atoms with Crippen LogP contribution in [-0.4, -0.2) is 27.6 Å². The van der Waals surface area contributed by atoms with Crippen LogP contribution in [0.1, 0.15) is 12.8 Å². The van der Waals surface area contributed by atoms with Gasteiger partial charge in [-0.25, -0.2) is 13.8 Å². The molecular formula is C23H19FN4O2. The van der Waals surface area contributed by atoms with Gasteiger partial charge in [0, 0.05) is 24.2 Å². The average molecular weight is 402 g/mol. The van der Waals surface area contributed by atoms with Crippen LogP contribution >= 0.6 is 0 Å². The Hall–Kier alpha value is -3.74. The molecule has 1 saturated heterocycles. The molecule has 0 radical (unpaired) electrons. The topological polar surface area (TPSA) is 64.2 Å². The van der Waals surface area contributed by atoms with Crippen molar-refractivity contribution in [2.75, 3.05) is 18.0 Å². The summed E-state index contributed by atoms with van der Waals surface area (Å²) in [5, 5.41) is 0. The van der Waals surface area contributed by atoms with Gasteiger partial charge in [0.05, 0.1) is 6.20 Å². The van der Waals surface area contributed by atoms with Gasteiger partial charge in [0.1, 0.15) is 0 Å². The Kier molecular flexibility index (Phi) is 4.63. The third-order valence-electron chi connectivity index (χ3n) is 5.16. The first-order valence-corrected chi connectivity index (χ1v) is 9.87. The Bertz CT molecular complexity index is 1230. The molecule has 7 heteroatoms. The molecular weight excluding hydrogens is 383 g/mol. The summed E-state index contributed by atoms with van der Waals surface area (Å²) in [5.41, 5.74) is 0.901. The molecule has 150 valence electrons. The lowest BCUT2D eigenvalue weighted by atomic mass is 10.2. The standard InChI is InChI=1S/C23H19FN4O2/c24-18-15-28(23(29)26-20(18)27-13-7-8-14-27)21-19(16-9-3-1-4-10-16)30-22(25-21)17-11-5-2-6-12-17/h1-6,9-12,15H,7-8,13-14H2. The molecule has 6 nitrogen and oxygen atoms in total. The van der Waals surface area contributed by atoms with E-state index in [-0.39, 0.29) is 11.6 Å². The highest BCUT2D eigenvalue weighted by atomic mass is 19.1. The van der Waals surface area contributed by atoms with E-state index in [2.05, 4.69) is 9.97 Å². The van der Waals surface area contributed by atoms with Crippen LogP contribution < -0.4 is 10.6 Å². The van der Waals surface area contributed by atoms with Crippen molar-refractivity contribution in [3.63, 3.8) is 0 Å². The van der Waals surface area contributed by atoms with Crippen molar-refractivity contribution in [1.82, 2.24) is 14.5 Å². The van der Waals surface area contributed by atoms with Crippen LogP contribution in [0.25, 0.3) is 28.6 Å². The van der Waals surface area contributed by atoms with E-state index in [4.69, 9.17) is 4.42 Å². The summed E-state index contributed by atoms with van der Waals surface area (Å²) in [6.07, 6.45) is 3.08. The highest BCUT2D eigenvalue weighted by Gasteiger charge is 2.23. The van der Waals surface area contributed by atoms with E-state index >= 15 is 0 Å². The molecule has 1 fully saturated rings. The number of rotatable bonds is 4. The molecule has 0 unspecified atom stereocenters. The molecule has 5 rings (SSSR count). The lowest BCUT2D eigenvalue weighted by Gasteiger charge is -2.17. The van der Waals surface area contributed by atoms with Gasteiger partial charge in [-0.15, -0.1) is 0 Å². The molecule has 0 atom stereocenters. The Morgan fingerprint density at radius 2 is 1.47 bits per heavy atom. The Balaban J connectivity index is 1.67. The number of hydrogen-bond acceptors (Lipinski definition) is 5. The summed E-state index contributed by atoms with van der Waals surface area (Å²) in [5.74, 6) is 0.484.